The van der Waals surface area contributed by atoms with E-state index in [9.17, 15) is 0 Å². The summed E-state index contributed by atoms with van der Waals surface area (Å²) >= 11 is 0. The highest BCUT2D eigenvalue weighted by Gasteiger charge is 2.04. The lowest BCUT2D eigenvalue weighted by Gasteiger charge is -2.15. The van der Waals surface area contributed by atoms with Gasteiger partial charge in [-0.1, -0.05) is 19.1 Å². The summed E-state index contributed by atoms with van der Waals surface area (Å²) < 4.78 is 10.9. The molecule has 3 nitrogen and oxygen atoms in total. The van der Waals surface area contributed by atoms with E-state index in [0.29, 0.717) is 0 Å². The van der Waals surface area contributed by atoms with E-state index < -0.39 is 0 Å². The van der Waals surface area contributed by atoms with Crippen LogP contribution < -0.4 is 10.1 Å². The molecular formula is C14H23NO2. The van der Waals surface area contributed by atoms with Crippen LogP contribution >= 0.6 is 0 Å². The van der Waals surface area contributed by atoms with E-state index in [1.807, 2.05) is 12.1 Å². The van der Waals surface area contributed by atoms with Gasteiger partial charge in [0.1, 0.15) is 5.75 Å². The van der Waals surface area contributed by atoms with Gasteiger partial charge in [-0.05, 0) is 31.2 Å². The van der Waals surface area contributed by atoms with E-state index in [0.717, 1.165) is 31.9 Å². The fourth-order valence-corrected chi connectivity index (χ4v) is 1.57. The van der Waals surface area contributed by atoms with Crippen LogP contribution in [0.15, 0.2) is 24.3 Å². The van der Waals surface area contributed by atoms with Crippen molar-refractivity contribution in [3.05, 3.63) is 29.8 Å². The molecule has 1 rings (SSSR count). The van der Waals surface area contributed by atoms with Gasteiger partial charge in [0.2, 0.25) is 0 Å². The molecule has 96 valence electrons. The summed E-state index contributed by atoms with van der Waals surface area (Å²) in [5.74, 6) is 0.934. The van der Waals surface area contributed by atoms with Crippen LogP contribution in [0.1, 0.15) is 25.8 Å². The maximum Gasteiger partial charge on any atom is 0.120 e. The zero-order chi connectivity index (χ0) is 12.5. The summed E-state index contributed by atoms with van der Waals surface area (Å²) in [6.07, 6.45) is 1.10. The Bertz CT molecular complexity index is 315. The molecule has 0 fully saturated rings. The molecule has 0 radical (unpaired) electrons. The van der Waals surface area contributed by atoms with Crippen LogP contribution in [0.4, 0.5) is 0 Å². The van der Waals surface area contributed by atoms with Crippen LogP contribution in [0.2, 0.25) is 0 Å². The lowest BCUT2D eigenvalue weighted by Crippen LogP contribution is -2.15. The van der Waals surface area contributed by atoms with Crippen LogP contribution in [0.3, 0.4) is 0 Å². The van der Waals surface area contributed by atoms with Crippen molar-refractivity contribution in [2.75, 3.05) is 20.3 Å². The number of hydrogen-bond acceptors (Lipinski definition) is 3. The summed E-state index contributed by atoms with van der Waals surface area (Å²) in [5, 5.41) is 3.30. The minimum Gasteiger partial charge on any atom is -0.491 e. The van der Waals surface area contributed by atoms with Crippen LogP contribution in [0.25, 0.3) is 0 Å². The Labute approximate surface area is 104 Å². The normalized spacial score (nSPS) is 12.4. The Morgan fingerprint density at radius 1 is 1.35 bits per heavy atom. The summed E-state index contributed by atoms with van der Waals surface area (Å²) in [5.41, 5.74) is 1.25. The van der Waals surface area contributed by atoms with Gasteiger partial charge in [-0.15, -0.1) is 0 Å². The van der Waals surface area contributed by atoms with Gasteiger partial charge < -0.3 is 14.8 Å². The van der Waals surface area contributed by atoms with Gasteiger partial charge in [0.15, 0.2) is 0 Å². The molecule has 1 unspecified atom stereocenters. The molecule has 0 aliphatic rings. The zero-order valence-corrected chi connectivity index (χ0v) is 11.0. The van der Waals surface area contributed by atoms with Crippen LogP contribution in [-0.2, 0) is 11.3 Å². The van der Waals surface area contributed by atoms with Crippen LogP contribution in [-0.4, -0.2) is 26.4 Å². The molecule has 0 heterocycles. The highest BCUT2D eigenvalue weighted by atomic mass is 16.5. The van der Waals surface area contributed by atoms with E-state index in [2.05, 4.69) is 31.3 Å². The smallest absolute Gasteiger partial charge is 0.120 e. The van der Waals surface area contributed by atoms with Gasteiger partial charge in [-0.25, -0.2) is 0 Å². The predicted molar refractivity (Wildman–Crippen MR) is 70.4 cm³/mol. The van der Waals surface area contributed by atoms with Crippen molar-refractivity contribution in [1.82, 2.24) is 5.32 Å². The predicted octanol–water partition coefficient (Wildman–Crippen LogP) is 2.60. The van der Waals surface area contributed by atoms with Crippen LogP contribution in [0.5, 0.6) is 5.75 Å². The number of ether oxygens (including phenoxy) is 2. The molecule has 0 aliphatic heterocycles. The fourth-order valence-electron chi connectivity index (χ4n) is 1.57. The molecule has 0 aliphatic carbocycles. The lowest BCUT2D eigenvalue weighted by atomic mass is 10.2. The largest absolute Gasteiger partial charge is 0.491 e. The number of methoxy groups -OCH3 is 1. The van der Waals surface area contributed by atoms with Crippen molar-refractivity contribution in [2.45, 2.75) is 32.9 Å². The van der Waals surface area contributed by atoms with Crippen molar-refractivity contribution >= 4 is 0 Å². The highest BCUT2D eigenvalue weighted by molar-refractivity contribution is 5.28. The van der Waals surface area contributed by atoms with Crippen LogP contribution in [0, 0.1) is 0 Å². The number of benzene rings is 1. The van der Waals surface area contributed by atoms with E-state index in [-0.39, 0.29) is 6.10 Å². The zero-order valence-electron chi connectivity index (χ0n) is 11.0. The van der Waals surface area contributed by atoms with E-state index in [1.54, 1.807) is 7.11 Å². The number of rotatable bonds is 8. The molecule has 3 heteroatoms. The molecule has 0 amide bonds. The molecule has 0 spiro atoms. The van der Waals surface area contributed by atoms with Gasteiger partial charge in [-0.3, -0.25) is 0 Å². The van der Waals surface area contributed by atoms with Gasteiger partial charge in [0.05, 0.1) is 6.10 Å². The third-order valence-electron chi connectivity index (χ3n) is 2.54. The SMILES string of the molecule is CCNCc1cccc(OC(C)CCOC)c1. The average Bonchev–Trinajstić information content (AvgIpc) is 2.34. The molecule has 0 saturated carbocycles. The Balaban J connectivity index is 2.47. The topological polar surface area (TPSA) is 30.5 Å². The first-order valence-electron chi connectivity index (χ1n) is 6.21. The van der Waals surface area contributed by atoms with E-state index in [1.165, 1.54) is 5.56 Å². The average molecular weight is 237 g/mol. The molecule has 1 aromatic rings. The summed E-state index contributed by atoms with van der Waals surface area (Å²) in [6.45, 7) is 6.77. The monoisotopic (exact) mass is 237 g/mol. The second-order valence-corrected chi connectivity index (χ2v) is 4.14. The van der Waals surface area contributed by atoms with Crippen molar-refractivity contribution < 1.29 is 9.47 Å². The third-order valence-corrected chi connectivity index (χ3v) is 2.54. The number of nitrogens with one attached hydrogen (secondary N) is 1. The van der Waals surface area contributed by atoms with Crippen molar-refractivity contribution in [2.24, 2.45) is 0 Å². The maximum atomic E-state index is 5.83. The molecule has 0 bridgehead atoms. The van der Waals surface area contributed by atoms with E-state index >= 15 is 0 Å². The lowest BCUT2D eigenvalue weighted by molar-refractivity contribution is 0.135. The minimum absolute atomic E-state index is 0.185. The fraction of sp³-hybridized carbons (Fsp3) is 0.571. The van der Waals surface area contributed by atoms with Gasteiger partial charge in [0.25, 0.3) is 0 Å². The molecule has 0 saturated heterocycles. The molecule has 17 heavy (non-hydrogen) atoms. The Hall–Kier alpha value is -1.06. The third kappa shape index (κ3) is 5.71. The van der Waals surface area contributed by atoms with Gasteiger partial charge in [-0.2, -0.15) is 0 Å². The molecule has 0 aromatic heterocycles. The van der Waals surface area contributed by atoms with Crippen molar-refractivity contribution in [3.63, 3.8) is 0 Å². The van der Waals surface area contributed by atoms with Gasteiger partial charge in [0, 0.05) is 26.7 Å². The van der Waals surface area contributed by atoms with Crippen molar-refractivity contribution in [3.8, 4) is 5.75 Å². The highest BCUT2D eigenvalue weighted by Crippen LogP contribution is 2.15. The Morgan fingerprint density at radius 2 is 2.18 bits per heavy atom. The standard InChI is InChI=1S/C14H23NO2/c1-4-15-11-13-6-5-7-14(10-13)17-12(2)8-9-16-3/h5-7,10,12,15H,4,8-9,11H2,1-3H3. The summed E-state index contributed by atoms with van der Waals surface area (Å²) in [6, 6.07) is 8.23. The molecular weight excluding hydrogens is 214 g/mol. The maximum absolute atomic E-state index is 5.83. The summed E-state index contributed by atoms with van der Waals surface area (Å²) in [7, 11) is 1.71. The molecule has 1 aromatic carbocycles. The first-order chi connectivity index (χ1) is 8.26. The second-order valence-electron chi connectivity index (χ2n) is 4.14. The number of hydrogen-bond donors (Lipinski definition) is 1. The first-order valence-corrected chi connectivity index (χ1v) is 6.21. The first kappa shape index (κ1) is 14.0. The summed E-state index contributed by atoms with van der Waals surface area (Å²) in [4.78, 5) is 0. The van der Waals surface area contributed by atoms with Gasteiger partial charge >= 0.3 is 0 Å². The molecule has 1 N–H and O–H groups in total. The van der Waals surface area contributed by atoms with E-state index in [4.69, 9.17) is 9.47 Å². The molecule has 1 atom stereocenters. The second kappa shape index (κ2) is 8.09. The minimum atomic E-state index is 0.185. The van der Waals surface area contributed by atoms with Crippen molar-refractivity contribution in [1.29, 1.82) is 0 Å². The Kier molecular flexibility index (Phi) is 6.67. The quantitative estimate of drug-likeness (QED) is 0.754. The Morgan fingerprint density at radius 3 is 2.88 bits per heavy atom.